The van der Waals surface area contributed by atoms with Gasteiger partial charge in [0.2, 0.25) is 0 Å². The number of ether oxygens (including phenoxy) is 1. The summed E-state index contributed by atoms with van der Waals surface area (Å²) in [4.78, 5) is 11.7. The van der Waals surface area contributed by atoms with E-state index in [0.29, 0.717) is 5.56 Å². The lowest BCUT2D eigenvalue weighted by molar-refractivity contribution is -0.130. The average molecular weight is 304 g/mol. The number of fused-ring (bicyclic) bond motifs is 1. The second kappa shape index (κ2) is 6.36. The second-order valence-electron chi connectivity index (χ2n) is 5.20. The van der Waals surface area contributed by atoms with Gasteiger partial charge in [0.25, 0.3) is 0 Å². The molecule has 0 saturated heterocycles. The molecule has 0 aromatic heterocycles. The van der Waals surface area contributed by atoms with E-state index in [9.17, 15) is 9.90 Å². The fourth-order valence-electron chi connectivity index (χ4n) is 2.50. The Hall–Kier alpha value is -3.07. The predicted octanol–water partition coefficient (Wildman–Crippen LogP) is 4.47. The summed E-state index contributed by atoms with van der Waals surface area (Å²) in [5.41, 5.74) is 1.81. The lowest BCUT2D eigenvalue weighted by Gasteiger charge is -2.07. The number of benzene rings is 3. The van der Waals surface area contributed by atoms with Crippen LogP contribution in [0.3, 0.4) is 0 Å². The number of carboxylic acids is 1. The first-order valence-corrected chi connectivity index (χ1v) is 7.25. The molecule has 0 heterocycles. The van der Waals surface area contributed by atoms with Crippen molar-refractivity contribution in [2.75, 3.05) is 7.11 Å². The molecule has 0 aliphatic heterocycles. The number of aliphatic carboxylic acids is 1. The molecule has 0 unspecified atom stereocenters. The van der Waals surface area contributed by atoms with Crippen molar-refractivity contribution in [1.29, 1.82) is 0 Å². The summed E-state index contributed by atoms with van der Waals surface area (Å²) in [6.07, 6.45) is 1.69. The fourth-order valence-corrected chi connectivity index (χ4v) is 2.50. The van der Waals surface area contributed by atoms with Crippen LogP contribution in [-0.4, -0.2) is 18.2 Å². The number of rotatable bonds is 4. The van der Waals surface area contributed by atoms with E-state index in [1.807, 2.05) is 66.7 Å². The zero-order chi connectivity index (χ0) is 16.2. The van der Waals surface area contributed by atoms with Gasteiger partial charge in [-0.05, 0) is 46.2 Å². The topological polar surface area (TPSA) is 46.5 Å². The minimum absolute atomic E-state index is 0.272. The normalized spacial score (nSPS) is 11.4. The van der Waals surface area contributed by atoms with Crippen LogP contribution < -0.4 is 4.74 Å². The molecule has 0 fully saturated rings. The van der Waals surface area contributed by atoms with E-state index in [2.05, 4.69) is 0 Å². The molecule has 3 aromatic carbocycles. The van der Waals surface area contributed by atoms with Crippen LogP contribution in [0.2, 0.25) is 0 Å². The van der Waals surface area contributed by atoms with Gasteiger partial charge in [-0.3, -0.25) is 0 Å². The minimum Gasteiger partial charge on any atom is -0.497 e. The van der Waals surface area contributed by atoms with E-state index in [0.717, 1.165) is 22.1 Å². The summed E-state index contributed by atoms with van der Waals surface area (Å²) < 4.78 is 5.21. The summed E-state index contributed by atoms with van der Waals surface area (Å²) in [5, 5.41) is 11.5. The van der Waals surface area contributed by atoms with E-state index in [-0.39, 0.29) is 5.57 Å². The lowest BCUT2D eigenvalue weighted by Crippen LogP contribution is -1.99. The number of carboxylic acid groups (broad SMARTS) is 1. The molecule has 0 aliphatic rings. The van der Waals surface area contributed by atoms with Gasteiger partial charge in [-0.1, -0.05) is 48.5 Å². The Morgan fingerprint density at radius 2 is 1.65 bits per heavy atom. The van der Waals surface area contributed by atoms with Gasteiger partial charge in [0, 0.05) is 0 Å². The molecule has 0 spiro atoms. The third-order valence-electron chi connectivity index (χ3n) is 3.70. The van der Waals surface area contributed by atoms with Crippen LogP contribution in [0, 0.1) is 0 Å². The summed E-state index contributed by atoms with van der Waals surface area (Å²) in [6, 6.07) is 20.8. The number of hydrogen-bond donors (Lipinski definition) is 1. The highest BCUT2D eigenvalue weighted by Crippen LogP contribution is 2.26. The average Bonchev–Trinajstić information content (AvgIpc) is 2.59. The van der Waals surface area contributed by atoms with E-state index in [1.165, 1.54) is 0 Å². The largest absolute Gasteiger partial charge is 0.497 e. The molecule has 0 aliphatic carbocycles. The Morgan fingerprint density at radius 1 is 0.957 bits per heavy atom. The molecule has 3 rings (SSSR count). The molecule has 0 amide bonds. The molecule has 3 aromatic rings. The van der Waals surface area contributed by atoms with Gasteiger partial charge >= 0.3 is 5.97 Å². The molecule has 0 saturated carbocycles. The Labute approximate surface area is 134 Å². The van der Waals surface area contributed by atoms with E-state index < -0.39 is 5.97 Å². The van der Waals surface area contributed by atoms with E-state index in [4.69, 9.17) is 4.74 Å². The standard InChI is InChI=1S/C20H16O3/c1-23-18-10-9-15-12-17(8-7-16(15)13-18)19(20(21)22)11-14-5-3-2-4-6-14/h2-13H,1H3,(H,21,22). The summed E-state index contributed by atoms with van der Waals surface area (Å²) in [6.45, 7) is 0. The number of carbonyl (C=O) groups is 1. The zero-order valence-electron chi connectivity index (χ0n) is 12.7. The monoisotopic (exact) mass is 304 g/mol. The van der Waals surface area contributed by atoms with Crippen molar-refractivity contribution in [3.8, 4) is 5.75 Å². The SMILES string of the molecule is COc1ccc2cc(C(=Cc3ccccc3)C(=O)O)ccc2c1. The maximum absolute atomic E-state index is 11.7. The number of hydrogen-bond acceptors (Lipinski definition) is 2. The Bertz CT molecular complexity index is 880. The molecule has 3 heteroatoms. The van der Waals surface area contributed by atoms with Gasteiger partial charge in [0.15, 0.2) is 0 Å². The summed E-state index contributed by atoms with van der Waals surface area (Å²) >= 11 is 0. The maximum atomic E-state index is 11.7. The zero-order valence-corrected chi connectivity index (χ0v) is 12.7. The van der Waals surface area contributed by atoms with Crippen molar-refractivity contribution in [2.24, 2.45) is 0 Å². The van der Waals surface area contributed by atoms with Crippen LogP contribution in [0.1, 0.15) is 11.1 Å². The maximum Gasteiger partial charge on any atom is 0.336 e. The molecule has 23 heavy (non-hydrogen) atoms. The second-order valence-corrected chi connectivity index (χ2v) is 5.20. The Morgan fingerprint density at radius 3 is 2.35 bits per heavy atom. The van der Waals surface area contributed by atoms with Crippen LogP contribution >= 0.6 is 0 Å². The van der Waals surface area contributed by atoms with Gasteiger partial charge in [0.05, 0.1) is 12.7 Å². The van der Waals surface area contributed by atoms with Gasteiger partial charge in [0.1, 0.15) is 5.75 Å². The van der Waals surface area contributed by atoms with Gasteiger partial charge in [-0.25, -0.2) is 4.79 Å². The molecule has 0 bridgehead atoms. The molecular weight excluding hydrogens is 288 g/mol. The molecular formula is C20H16O3. The molecule has 3 nitrogen and oxygen atoms in total. The smallest absolute Gasteiger partial charge is 0.336 e. The van der Waals surface area contributed by atoms with Crippen molar-refractivity contribution in [3.63, 3.8) is 0 Å². The van der Waals surface area contributed by atoms with Crippen LogP contribution in [0.25, 0.3) is 22.4 Å². The Kier molecular flexibility index (Phi) is 4.11. The van der Waals surface area contributed by atoms with Gasteiger partial charge in [-0.15, -0.1) is 0 Å². The number of methoxy groups -OCH3 is 1. The van der Waals surface area contributed by atoms with Crippen molar-refractivity contribution >= 4 is 28.4 Å². The van der Waals surface area contributed by atoms with Crippen molar-refractivity contribution in [3.05, 3.63) is 77.9 Å². The third-order valence-corrected chi connectivity index (χ3v) is 3.70. The molecule has 0 atom stereocenters. The van der Waals surface area contributed by atoms with Crippen molar-refractivity contribution < 1.29 is 14.6 Å². The highest BCUT2D eigenvalue weighted by atomic mass is 16.5. The molecule has 114 valence electrons. The quantitative estimate of drug-likeness (QED) is 0.571. The van der Waals surface area contributed by atoms with Crippen molar-refractivity contribution in [2.45, 2.75) is 0 Å². The Balaban J connectivity index is 2.08. The predicted molar refractivity (Wildman–Crippen MR) is 92.4 cm³/mol. The first-order chi connectivity index (χ1) is 11.2. The van der Waals surface area contributed by atoms with Crippen LogP contribution in [-0.2, 0) is 4.79 Å². The van der Waals surface area contributed by atoms with Crippen LogP contribution in [0.15, 0.2) is 66.7 Å². The van der Waals surface area contributed by atoms with E-state index >= 15 is 0 Å². The van der Waals surface area contributed by atoms with Crippen molar-refractivity contribution in [1.82, 2.24) is 0 Å². The fraction of sp³-hybridized carbons (Fsp3) is 0.0500. The van der Waals surface area contributed by atoms with Crippen LogP contribution in [0.4, 0.5) is 0 Å². The lowest BCUT2D eigenvalue weighted by atomic mass is 9.99. The molecule has 0 radical (unpaired) electrons. The van der Waals surface area contributed by atoms with Gasteiger partial charge in [-0.2, -0.15) is 0 Å². The van der Waals surface area contributed by atoms with Crippen LogP contribution in [0.5, 0.6) is 5.75 Å². The van der Waals surface area contributed by atoms with E-state index in [1.54, 1.807) is 13.2 Å². The first-order valence-electron chi connectivity index (χ1n) is 7.25. The highest BCUT2D eigenvalue weighted by molar-refractivity contribution is 6.21. The molecule has 1 N–H and O–H groups in total. The minimum atomic E-state index is -0.943. The highest BCUT2D eigenvalue weighted by Gasteiger charge is 2.11. The third kappa shape index (κ3) is 3.24. The summed E-state index contributed by atoms with van der Waals surface area (Å²) in [5.74, 6) is -0.162. The summed E-state index contributed by atoms with van der Waals surface area (Å²) in [7, 11) is 1.63. The first kappa shape index (κ1) is 14.9. The van der Waals surface area contributed by atoms with Gasteiger partial charge < -0.3 is 9.84 Å².